The summed E-state index contributed by atoms with van der Waals surface area (Å²) in [4.78, 5) is 7.12. The minimum Gasteiger partial charge on any atom is -0.392 e. The molecule has 0 radical (unpaired) electrons. The van der Waals surface area contributed by atoms with Crippen LogP contribution in [0.5, 0.6) is 0 Å². The Kier molecular flexibility index (Phi) is 5.79. The molecule has 3 heterocycles. The van der Waals surface area contributed by atoms with Gasteiger partial charge >= 0.3 is 0 Å². The van der Waals surface area contributed by atoms with Crippen LogP contribution in [-0.4, -0.2) is 41.9 Å². The number of nitrogens with zero attached hydrogens (tertiary/aromatic N) is 2. The van der Waals surface area contributed by atoms with Crippen LogP contribution in [0.1, 0.15) is 31.0 Å². The second-order valence-corrected chi connectivity index (χ2v) is 9.04. The van der Waals surface area contributed by atoms with E-state index in [0.717, 1.165) is 60.7 Å². The lowest BCUT2D eigenvalue weighted by Gasteiger charge is -2.42. The minimum absolute atomic E-state index is 0.0542. The lowest BCUT2D eigenvalue weighted by Crippen LogP contribution is -2.51. The molecule has 0 saturated carbocycles. The normalized spacial score (nSPS) is 23.7. The van der Waals surface area contributed by atoms with Crippen molar-refractivity contribution in [1.82, 2.24) is 4.98 Å². The predicted molar refractivity (Wildman–Crippen MR) is 118 cm³/mol. The van der Waals surface area contributed by atoms with E-state index >= 15 is 0 Å². The van der Waals surface area contributed by atoms with Crippen LogP contribution in [0.15, 0.2) is 24.3 Å². The van der Waals surface area contributed by atoms with Crippen LogP contribution in [-0.2, 0) is 11.3 Å². The molecule has 0 unspecified atom stereocenters. The van der Waals surface area contributed by atoms with Crippen LogP contribution in [0.4, 0.5) is 5.82 Å². The molecule has 5 nitrogen and oxygen atoms in total. The van der Waals surface area contributed by atoms with Crippen LogP contribution in [0.2, 0.25) is 10.0 Å². The third-order valence-electron chi connectivity index (χ3n) is 6.59. The van der Waals surface area contributed by atoms with Gasteiger partial charge < -0.3 is 20.5 Å². The van der Waals surface area contributed by atoms with E-state index in [4.69, 9.17) is 38.7 Å². The lowest BCUT2D eigenvalue weighted by molar-refractivity contribution is 0.0973. The standard InChI is InChI=1S/C22H27Cl2N3O2/c1-13-17(16-4-3-5-18(23)19(16)24)10-15(11-28)21(26-13)27-8-6-22(7-9-27)12-29-14(2)20(22)25/h3-5,10,14,20,28H,6-9,11-12,25H2,1-2H3/t14-,20+/m0/s1. The van der Waals surface area contributed by atoms with Gasteiger partial charge in [-0.2, -0.15) is 0 Å². The number of aliphatic hydroxyl groups excluding tert-OH is 1. The molecule has 1 aromatic carbocycles. The molecule has 2 atom stereocenters. The van der Waals surface area contributed by atoms with E-state index in [9.17, 15) is 5.11 Å². The number of aryl methyl sites for hydroxylation is 1. The lowest BCUT2D eigenvalue weighted by atomic mass is 9.73. The summed E-state index contributed by atoms with van der Waals surface area (Å²) in [5.74, 6) is 0.835. The van der Waals surface area contributed by atoms with E-state index in [0.29, 0.717) is 10.0 Å². The van der Waals surface area contributed by atoms with Gasteiger partial charge in [0.25, 0.3) is 0 Å². The molecule has 0 bridgehead atoms. The number of piperidine rings is 1. The Morgan fingerprint density at radius 2 is 2.00 bits per heavy atom. The first-order chi connectivity index (χ1) is 13.9. The largest absolute Gasteiger partial charge is 0.392 e. The number of ether oxygens (including phenoxy) is 1. The third-order valence-corrected chi connectivity index (χ3v) is 7.41. The third kappa shape index (κ3) is 3.64. The monoisotopic (exact) mass is 435 g/mol. The molecule has 2 fully saturated rings. The molecule has 156 valence electrons. The Hall–Kier alpha value is -1.37. The maximum absolute atomic E-state index is 10.1. The van der Waals surface area contributed by atoms with Gasteiger partial charge in [0, 0.05) is 46.9 Å². The first kappa shape index (κ1) is 20.9. The van der Waals surface area contributed by atoms with Crippen LogP contribution in [0.25, 0.3) is 11.1 Å². The number of benzene rings is 1. The van der Waals surface area contributed by atoms with Gasteiger partial charge in [0.05, 0.1) is 29.4 Å². The molecule has 1 aromatic heterocycles. The zero-order valence-electron chi connectivity index (χ0n) is 16.8. The summed E-state index contributed by atoms with van der Waals surface area (Å²) in [7, 11) is 0. The highest BCUT2D eigenvalue weighted by molar-refractivity contribution is 6.43. The van der Waals surface area contributed by atoms with Crippen molar-refractivity contribution >= 4 is 29.0 Å². The van der Waals surface area contributed by atoms with Crippen molar-refractivity contribution in [3.05, 3.63) is 45.6 Å². The van der Waals surface area contributed by atoms with E-state index < -0.39 is 0 Å². The molecular formula is C22H27Cl2N3O2. The zero-order valence-corrected chi connectivity index (χ0v) is 18.3. The molecule has 2 aliphatic rings. The highest BCUT2D eigenvalue weighted by atomic mass is 35.5. The van der Waals surface area contributed by atoms with Crippen LogP contribution < -0.4 is 10.6 Å². The van der Waals surface area contributed by atoms with E-state index in [-0.39, 0.29) is 24.2 Å². The SMILES string of the molecule is Cc1nc(N2CCC3(CC2)CO[C@@H](C)[C@H]3N)c(CO)cc1-c1cccc(Cl)c1Cl. The van der Waals surface area contributed by atoms with Gasteiger partial charge in [0.1, 0.15) is 5.82 Å². The Balaban J connectivity index is 1.63. The smallest absolute Gasteiger partial charge is 0.134 e. The maximum Gasteiger partial charge on any atom is 0.134 e. The summed E-state index contributed by atoms with van der Waals surface area (Å²) in [5.41, 5.74) is 9.85. The average Bonchev–Trinajstić information content (AvgIpc) is 2.99. The van der Waals surface area contributed by atoms with Gasteiger partial charge in [-0.3, -0.25) is 0 Å². The number of rotatable bonds is 3. The van der Waals surface area contributed by atoms with Gasteiger partial charge in [-0.15, -0.1) is 0 Å². The number of hydrogen-bond donors (Lipinski definition) is 2. The molecule has 3 N–H and O–H groups in total. The fourth-order valence-corrected chi connectivity index (χ4v) is 5.05. The summed E-state index contributed by atoms with van der Waals surface area (Å²) < 4.78 is 5.83. The van der Waals surface area contributed by atoms with Crippen molar-refractivity contribution in [2.45, 2.75) is 45.4 Å². The van der Waals surface area contributed by atoms with Crippen LogP contribution >= 0.6 is 23.2 Å². The first-order valence-corrected chi connectivity index (χ1v) is 10.8. The Labute approximate surface area is 181 Å². The maximum atomic E-state index is 10.1. The molecule has 4 rings (SSSR count). The fraction of sp³-hybridized carbons (Fsp3) is 0.500. The van der Waals surface area contributed by atoms with Crippen LogP contribution in [0.3, 0.4) is 0 Å². The van der Waals surface area contributed by atoms with Crippen molar-refractivity contribution in [3.63, 3.8) is 0 Å². The summed E-state index contributed by atoms with van der Waals surface area (Å²) >= 11 is 12.6. The second-order valence-electron chi connectivity index (χ2n) is 8.25. The highest BCUT2D eigenvalue weighted by Gasteiger charge is 2.47. The van der Waals surface area contributed by atoms with Crippen LogP contribution in [0, 0.1) is 12.3 Å². The zero-order chi connectivity index (χ0) is 20.8. The number of aromatic nitrogens is 1. The first-order valence-electron chi connectivity index (χ1n) is 10.0. The summed E-state index contributed by atoms with van der Waals surface area (Å²) in [6.45, 7) is 6.36. The Bertz CT molecular complexity index is 913. The van der Waals surface area contributed by atoms with E-state index in [1.807, 2.05) is 25.1 Å². The van der Waals surface area contributed by atoms with Gasteiger partial charge in [-0.25, -0.2) is 4.98 Å². The van der Waals surface area contributed by atoms with Gasteiger partial charge in [-0.1, -0.05) is 35.3 Å². The summed E-state index contributed by atoms with van der Waals surface area (Å²) in [6.07, 6.45) is 2.04. The van der Waals surface area contributed by atoms with Crippen molar-refractivity contribution in [2.75, 3.05) is 24.6 Å². The summed E-state index contributed by atoms with van der Waals surface area (Å²) in [5, 5.41) is 11.1. The number of anilines is 1. The number of nitrogens with two attached hydrogens (primary N) is 1. The van der Waals surface area contributed by atoms with Crippen molar-refractivity contribution in [2.24, 2.45) is 11.1 Å². The Morgan fingerprint density at radius 3 is 2.62 bits per heavy atom. The fourth-order valence-electron chi connectivity index (χ4n) is 4.65. The Morgan fingerprint density at radius 1 is 1.28 bits per heavy atom. The number of halogens is 2. The molecule has 29 heavy (non-hydrogen) atoms. The number of pyridine rings is 1. The predicted octanol–water partition coefficient (Wildman–Crippen LogP) is 4.19. The minimum atomic E-state index is -0.0882. The number of aliphatic hydroxyl groups is 1. The average molecular weight is 436 g/mol. The van der Waals surface area contributed by atoms with Crippen molar-refractivity contribution < 1.29 is 9.84 Å². The molecule has 1 spiro atoms. The van der Waals surface area contributed by atoms with Crippen molar-refractivity contribution in [1.29, 1.82) is 0 Å². The topological polar surface area (TPSA) is 71.6 Å². The molecule has 2 saturated heterocycles. The molecule has 7 heteroatoms. The van der Waals surface area contributed by atoms with Gasteiger partial charge in [-0.05, 0) is 38.8 Å². The summed E-state index contributed by atoms with van der Waals surface area (Å²) in [6, 6.07) is 7.61. The molecule has 2 aromatic rings. The van der Waals surface area contributed by atoms with E-state index in [1.165, 1.54) is 0 Å². The molecule has 2 aliphatic heterocycles. The molecule has 0 amide bonds. The second kappa shape index (κ2) is 8.05. The van der Waals surface area contributed by atoms with Gasteiger partial charge in [0.15, 0.2) is 0 Å². The van der Waals surface area contributed by atoms with Crippen molar-refractivity contribution in [3.8, 4) is 11.1 Å². The molecule has 0 aliphatic carbocycles. The molecular weight excluding hydrogens is 409 g/mol. The van der Waals surface area contributed by atoms with Gasteiger partial charge in [0.2, 0.25) is 0 Å². The quantitative estimate of drug-likeness (QED) is 0.755. The number of hydrogen-bond acceptors (Lipinski definition) is 5. The van der Waals surface area contributed by atoms with E-state index in [1.54, 1.807) is 6.07 Å². The highest BCUT2D eigenvalue weighted by Crippen LogP contribution is 2.43. The van der Waals surface area contributed by atoms with E-state index in [2.05, 4.69) is 11.8 Å².